The van der Waals surface area contributed by atoms with Gasteiger partial charge in [-0.2, -0.15) is 0 Å². The quantitative estimate of drug-likeness (QED) is 0.466. The van der Waals surface area contributed by atoms with Gasteiger partial charge in [0.15, 0.2) is 0 Å². The molecule has 0 radical (unpaired) electrons. The maximum atomic E-state index is 10.7. The molecule has 2 amide bonds. The Labute approximate surface area is 90.2 Å². The minimum absolute atomic E-state index is 0.0407. The van der Waals surface area contributed by atoms with E-state index in [0.29, 0.717) is 5.56 Å². The molecule has 0 aliphatic heterocycles. The van der Waals surface area contributed by atoms with Crippen LogP contribution in [0.3, 0.4) is 0 Å². The van der Waals surface area contributed by atoms with Gasteiger partial charge in [0, 0.05) is 12.1 Å². The van der Waals surface area contributed by atoms with Crippen molar-refractivity contribution in [3.8, 4) is 0 Å². The Morgan fingerprint density at radius 3 is 2.56 bits per heavy atom. The molecule has 0 heterocycles. The van der Waals surface area contributed by atoms with Crippen molar-refractivity contribution in [3.05, 3.63) is 39.9 Å². The number of hydrogen-bond donors (Lipinski definition) is 1. The van der Waals surface area contributed by atoms with Gasteiger partial charge in [-0.3, -0.25) is 20.2 Å². The topological polar surface area (TPSA) is 98.5 Å². The third-order valence-electron chi connectivity index (χ3n) is 1.69. The van der Waals surface area contributed by atoms with Crippen molar-refractivity contribution in [2.45, 2.75) is 6.61 Å². The molecular formula is C9H8N2O5. The number of ether oxygens (including phenoxy) is 1. The minimum Gasteiger partial charge on any atom is -0.444 e. The maximum Gasteiger partial charge on any atom is 0.413 e. The van der Waals surface area contributed by atoms with Gasteiger partial charge in [0.05, 0.1) is 4.92 Å². The summed E-state index contributed by atoms with van der Waals surface area (Å²) in [5.74, 6) is 0. The highest BCUT2D eigenvalue weighted by Gasteiger charge is 2.05. The van der Waals surface area contributed by atoms with Gasteiger partial charge in [-0.15, -0.1) is 0 Å². The zero-order chi connectivity index (χ0) is 12.0. The van der Waals surface area contributed by atoms with E-state index in [1.165, 1.54) is 24.3 Å². The van der Waals surface area contributed by atoms with Crippen molar-refractivity contribution in [2.75, 3.05) is 0 Å². The number of nitrogens with zero attached hydrogens (tertiary/aromatic N) is 1. The number of carbonyl (C=O) groups excluding carboxylic acids is 2. The maximum absolute atomic E-state index is 10.7. The predicted molar refractivity (Wildman–Crippen MR) is 52.5 cm³/mol. The van der Waals surface area contributed by atoms with E-state index in [9.17, 15) is 19.7 Å². The molecule has 16 heavy (non-hydrogen) atoms. The largest absolute Gasteiger partial charge is 0.444 e. The van der Waals surface area contributed by atoms with E-state index in [0.717, 1.165) is 0 Å². The summed E-state index contributed by atoms with van der Waals surface area (Å²) in [6.07, 6.45) is -0.661. The first-order chi connectivity index (χ1) is 7.63. The summed E-state index contributed by atoms with van der Waals surface area (Å²) in [6, 6.07) is 5.53. The normalized spacial score (nSPS) is 9.25. The Kier molecular flexibility index (Phi) is 3.96. The highest BCUT2D eigenvalue weighted by Crippen LogP contribution is 2.12. The first-order valence-corrected chi connectivity index (χ1v) is 4.23. The van der Waals surface area contributed by atoms with Crippen molar-refractivity contribution in [3.63, 3.8) is 0 Å². The number of rotatable bonds is 4. The number of nitro groups is 1. The number of amides is 2. The number of nitro benzene ring substituents is 1. The van der Waals surface area contributed by atoms with E-state index >= 15 is 0 Å². The first-order valence-electron chi connectivity index (χ1n) is 4.23. The zero-order valence-electron chi connectivity index (χ0n) is 8.08. The number of hydrogen-bond acceptors (Lipinski definition) is 5. The monoisotopic (exact) mass is 224 g/mol. The van der Waals surface area contributed by atoms with E-state index in [4.69, 9.17) is 0 Å². The predicted octanol–water partition coefficient (Wildman–Crippen LogP) is 0.977. The van der Waals surface area contributed by atoms with Crippen LogP contribution in [0.25, 0.3) is 0 Å². The van der Waals surface area contributed by atoms with Crippen molar-refractivity contribution >= 4 is 18.2 Å². The second-order valence-corrected chi connectivity index (χ2v) is 2.76. The Morgan fingerprint density at radius 2 is 2.06 bits per heavy atom. The molecular weight excluding hydrogens is 216 g/mol. The van der Waals surface area contributed by atoms with Crippen LogP contribution < -0.4 is 5.32 Å². The first kappa shape index (κ1) is 11.6. The fraction of sp³-hybridized carbons (Fsp3) is 0.111. The highest BCUT2D eigenvalue weighted by atomic mass is 16.6. The van der Waals surface area contributed by atoms with Crippen molar-refractivity contribution in [2.24, 2.45) is 0 Å². The number of carbonyl (C=O) groups is 2. The number of non-ortho nitro benzene ring substituents is 1. The number of imide groups is 1. The van der Waals surface area contributed by atoms with Gasteiger partial charge < -0.3 is 4.74 Å². The number of nitrogens with one attached hydrogen (secondary N) is 1. The van der Waals surface area contributed by atoms with E-state index in [2.05, 4.69) is 4.74 Å². The van der Waals surface area contributed by atoms with Gasteiger partial charge in [0.2, 0.25) is 6.41 Å². The van der Waals surface area contributed by atoms with Gasteiger partial charge in [0.1, 0.15) is 6.61 Å². The summed E-state index contributed by atoms with van der Waals surface area (Å²) in [5.41, 5.74) is 0.549. The SMILES string of the molecule is O=CNC(=O)OCc1ccc([N+](=O)[O-])cc1. The van der Waals surface area contributed by atoms with Crippen LogP contribution in [-0.2, 0) is 16.1 Å². The molecule has 7 heteroatoms. The summed E-state index contributed by atoms with van der Waals surface area (Å²) in [6.45, 7) is -0.0579. The molecule has 0 atom stereocenters. The van der Waals surface area contributed by atoms with Crippen molar-refractivity contribution < 1.29 is 19.2 Å². The average Bonchev–Trinajstić information content (AvgIpc) is 2.27. The van der Waals surface area contributed by atoms with Gasteiger partial charge in [-0.25, -0.2) is 4.79 Å². The van der Waals surface area contributed by atoms with Gasteiger partial charge in [-0.05, 0) is 17.7 Å². The summed E-state index contributed by atoms with van der Waals surface area (Å²) in [4.78, 5) is 30.4. The van der Waals surface area contributed by atoms with E-state index in [1.54, 1.807) is 5.32 Å². The molecule has 0 spiro atoms. The number of alkyl carbamates (subject to hydrolysis) is 1. The Balaban J connectivity index is 2.52. The molecule has 0 aromatic heterocycles. The van der Waals surface area contributed by atoms with Crippen LogP contribution >= 0.6 is 0 Å². The van der Waals surface area contributed by atoms with E-state index in [-0.39, 0.29) is 18.7 Å². The summed E-state index contributed by atoms with van der Waals surface area (Å²) in [5, 5.41) is 12.1. The van der Waals surface area contributed by atoms with Crippen LogP contribution in [0.2, 0.25) is 0 Å². The third-order valence-corrected chi connectivity index (χ3v) is 1.69. The Hall–Kier alpha value is -2.44. The second kappa shape index (κ2) is 5.44. The average molecular weight is 224 g/mol. The molecule has 84 valence electrons. The second-order valence-electron chi connectivity index (χ2n) is 2.76. The molecule has 1 rings (SSSR count). The molecule has 7 nitrogen and oxygen atoms in total. The molecule has 0 unspecified atom stereocenters. The molecule has 0 saturated heterocycles. The minimum atomic E-state index is -0.867. The lowest BCUT2D eigenvalue weighted by Gasteiger charge is -2.02. The molecule has 0 aliphatic carbocycles. The summed E-state index contributed by atoms with van der Waals surface area (Å²) in [7, 11) is 0. The number of benzene rings is 1. The van der Waals surface area contributed by atoms with Gasteiger partial charge in [0.25, 0.3) is 5.69 Å². The van der Waals surface area contributed by atoms with Crippen LogP contribution in [0, 0.1) is 10.1 Å². The fourth-order valence-electron chi connectivity index (χ4n) is 0.953. The van der Waals surface area contributed by atoms with Crippen LogP contribution in [0.1, 0.15) is 5.56 Å². The lowest BCUT2D eigenvalue weighted by Crippen LogP contribution is -2.22. The Morgan fingerprint density at radius 1 is 1.44 bits per heavy atom. The molecule has 0 saturated carbocycles. The molecule has 1 aromatic rings. The lowest BCUT2D eigenvalue weighted by molar-refractivity contribution is -0.384. The third kappa shape index (κ3) is 3.37. The fourth-order valence-corrected chi connectivity index (χ4v) is 0.953. The standard InChI is InChI=1S/C9H8N2O5/c12-6-10-9(13)16-5-7-1-3-8(4-2-7)11(14)15/h1-4,6H,5H2,(H,10,12,13). The van der Waals surface area contributed by atoms with E-state index < -0.39 is 11.0 Å². The smallest absolute Gasteiger partial charge is 0.413 e. The van der Waals surface area contributed by atoms with Crippen molar-refractivity contribution in [1.82, 2.24) is 5.32 Å². The van der Waals surface area contributed by atoms with Crippen LogP contribution in [0.5, 0.6) is 0 Å². The molecule has 0 aliphatic rings. The lowest BCUT2D eigenvalue weighted by atomic mass is 10.2. The highest BCUT2D eigenvalue weighted by molar-refractivity contribution is 5.79. The van der Waals surface area contributed by atoms with Crippen molar-refractivity contribution in [1.29, 1.82) is 0 Å². The van der Waals surface area contributed by atoms with Crippen LogP contribution in [-0.4, -0.2) is 17.4 Å². The molecule has 0 bridgehead atoms. The summed E-state index contributed by atoms with van der Waals surface area (Å²) >= 11 is 0. The Bertz CT molecular complexity index is 401. The van der Waals surface area contributed by atoms with Crippen LogP contribution in [0.4, 0.5) is 10.5 Å². The van der Waals surface area contributed by atoms with Gasteiger partial charge in [-0.1, -0.05) is 0 Å². The van der Waals surface area contributed by atoms with Gasteiger partial charge >= 0.3 is 6.09 Å². The molecule has 0 fully saturated rings. The molecule has 1 N–H and O–H groups in total. The van der Waals surface area contributed by atoms with Crippen LogP contribution in [0.15, 0.2) is 24.3 Å². The zero-order valence-corrected chi connectivity index (χ0v) is 8.08. The molecule has 1 aromatic carbocycles. The summed E-state index contributed by atoms with van der Waals surface area (Å²) < 4.78 is 4.62. The van der Waals surface area contributed by atoms with E-state index in [1.807, 2.05) is 0 Å².